The molecule has 2 saturated heterocycles. The maximum Gasteiger partial charge on any atom is 0.409 e. The molecule has 0 radical (unpaired) electrons. The van der Waals surface area contributed by atoms with Gasteiger partial charge in [0.05, 0.1) is 6.61 Å². The second kappa shape index (κ2) is 10.7. The molecule has 0 saturated carbocycles. The van der Waals surface area contributed by atoms with Crippen LogP contribution < -0.4 is 5.32 Å². The molecule has 1 aromatic heterocycles. The molecule has 4 rings (SSSR count). The first-order valence-corrected chi connectivity index (χ1v) is 12.7. The van der Waals surface area contributed by atoms with Crippen molar-refractivity contribution >= 4 is 12.0 Å². The van der Waals surface area contributed by atoms with Gasteiger partial charge in [-0.2, -0.15) is 5.10 Å². The van der Waals surface area contributed by atoms with Crippen LogP contribution in [0.1, 0.15) is 80.5 Å². The van der Waals surface area contributed by atoms with Gasteiger partial charge in [-0.25, -0.2) is 4.79 Å². The Morgan fingerprint density at radius 2 is 1.69 bits per heavy atom. The third-order valence-electron chi connectivity index (χ3n) is 7.23. The van der Waals surface area contributed by atoms with Gasteiger partial charge in [-0.15, -0.1) is 0 Å². The second-order valence-electron chi connectivity index (χ2n) is 9.36. The minimum atomic E-state index is -0.197. The number of rotatable bonds is 5. The molecule has 32 heavy (non-hydrogen) atoms. The normalized spacial score (nSPS) is 22.4. The summed E-state index contributed by atoms with van der Waals surface area (Å²) in [5.41, 5.74) is 3.10. The fourth-order valence-corrected chi connectivity index (χ4v) is 5.46. The van der Waals surface area contributed by atoms with E-state index in [9.17, 15) is 9.59 Å². The molecule has 1 aliphatic carbocycles. The molecule has 2 aliphatic heterocycles. The Hall–Kier alpha value is -2.09. The van der Waals surface area contributed by atoms with Crippen LogP contribution in [0.15, 0.2) is 0 Å². The van der Waals surface area contributed by atoms with E-state index in [2.05, 4.69) is 16.9 Å². The minimum absolute atomic E-state index is 0.124. The van der Waals surface area contributed by atoms with Crippen molar-refractivity contribution in [3.63, 3.8) is 0 Å². The number of nitrogens with one attached hydrogen (secondary N) is 1. The summed E-state index contributed by atoms with van der Waals surface area (Å²) in [6, 6.07) is 0.755. The van der Waals surface area contributed by atoms with Gasteiger partial charge >= 0.3 is 6.09 Å². The summed E-state index contributed by atoms with van der Waals surface area (Å²) in [6.45, 7) is 8.36. The molecule has 2 amide bonds. The number of amides is 2. The van der Waals surface area contributed by atoms with Gasteiger partial charge in [-0.05, 0) is 58.8 Å². The number of aromatic nitrogens is 2. The second-order valence-corrected chi connectivity index (χ2v) is 9.36. The highest BCUT2D eigenvalue weighted by Crippen LogP contribution is 2.27. The Kier molecular flexibility index (Phi) is 7.71. The van der Waals surface area contributed by atoms with Crippen LogP contribution in [0.4, 0.5) is 4.79 Å². The van der Waals surface area contributed by atoms with Crippen LogP contribution in [0.25, 0.3) is 0 Å². The average molecular weight is 446 g/mol. The number of piperidine rings is 1. The van der Waals surface area contributed by atoms with Crippen molar-refractivity contribution in [1.29, 1.82) is 0 Å². The summed E-state index contributed by atoms with van der Waals surface area (Å²) in [4.78, 5) is 29.2. The van der Waals surface area contributed by atoms with Gasteiger partial charge in [0.25, 0.3) is 5.91 Å². The molecule has 3 heterocycles. The number of likely N-dealkylation sites (tertiary alicyclic amines) is 2. The first-order valence-electron chi connectivity index (χ1n) is 12.7. The Morgan fingerprint density at radius 1 is 0.969 bits per heavy atom. The van der Waals surface area contributed by atoms with Crippen LogP contribution in [-0.4, -0.2) is 76.5 Å². The van der Waals surface area contributed by atoms with E-state index < -0.39 is 0 Å². The van der Waals surface area contributed by atoms with E-state index in [-0.39, 0.29) is 12.0 Å². The Bertz CT molecular complexity index is 792. The third-order valence-corrected chi connectivity index (χ3v) is 7.23. The Balaban J connectivity index is 1.40. The zero-order valence-corrected chi connectivity index (χ0v) is 19.8. The van der Waals surface area contributed by atoms with Gasteiger partial charge in [-0.3, -0.25) is 9.48 Å². The summed E-state index contributed by atoms with van der Waals surface area (Å²) in [6.07, 6.45) is 9.19. The van der Waals surface area contributed by atoms with E-state index in [1.807, 2.05) is 16.7 Å². The number of hydrogen-bond acceptors (Lipinski definition) is 5. The van der Waals surface area contributed by atoms with E-state index in [0.717, 1.165) is 83.2 Å². The number of carbonyl (C=O) groups is 2. The highest BCUT2D eigenvalue weighted by molar-refractivity contribution is 5.94. The van der Waals surface area contributed by atoms with Gasteiger partial charge in [0.15, 0.2) is 5.69 Å². The lowest BCUT2D eigenvalue weighted by atomic mass is 9.89. The molecule has 0 aromatic carbocycles. The average Bonchev–Trinajstić information content (AvgIpc) is 2.97. The predicted molar refractivity (Wildman–Crippen MR) is 123 cm³/mol. The van der Waals surface area contributed by atoms with Crippen molar-refractivity contribution in [1.82, 2.24) is 24.9 Å². The maximum absolute atomic E-state index is 13.4. The van der Waals surface area contributed by atoms with Crippen molar-refractivity contribution in [2.75, 3.05) is 32.8 Å². The molecule has 1 atom stereocenters. The smallest absolute Gasteiger partial charge is 0.409 e. The number of hydrogen-bond donors (Lipinski definition) is 1. The predicted octanol–water partition coefficient (Wildman–Crippen LogP) is 2.99. The van der Waals surface area contributed by atoms with Crippen LogP contribution in [0, 0.1) is 0 Å². The van der Waals surface area contributed by atoms with Crippen molar-refractivity contribution in [3.8, 4) is 0 Å². The molecule has 0 spiro atoms. The fraction of sp³-hybridized carbons (Fsp3) is 0.792. The highest BCUT2D eigenvalue weighted by atomic mass is 16.6. The molecule has 1 aromatic rings. The zero-order valence-electron chi connectivity index (χ0n) is 19.8. The first kappa shape index (κ1) is 23.1. The van der Waals surface area contributed by atoms with E-state index in [0.29, 0.717) is 24.4 Å². The monoisotopic (exact) mass is 445 g/mol. The Labute approximate surface area is 191 Å². The zero-order chi connectivity index (χ0) is 22.5. The molecular formula is C24H39N5O3. The van der Waals surface area contributed by atoms with Crippen LogP contribution in [0.5, 0.6) is 0 Å². The van der Waals surface area contributed by atoms with Crippen LogP contribution in [-0.2, 0) is 24.1 Å². The van der Waals surface area contributed by atoms with E-state index in [1.54, 1.807) is 0 Å². The molecule has 178 valence electrons. The maximum atomic E-state index is 13.4. The molecule has 1 N–H and O–H groups in total. The van der Waals surface area contributed by atoms with E-state index in [4.69, 9.17) is 9.84 Å². The van der Waals surface area contributed by atoms with Crippen LogP contribution >= 0.6 is 0 Å². The van der Waals surface area contributed by atoms with E-state index in [1.165, 1.54) is 18.5 Å². The standard InChI is InChI=1S/C24H39N5O3/c1-3-29-21-10-9-19(25-18-11-15-28(16-12-18)24(31)32-4-2)17-20(21)22(26-29)23(30)27-13-7-5-6-8-14-27/h18-19,25H,3-17H2,1-2H3. The lowest BCUT2D eigenvalue weighted by Gasteiger charge is -2.35. The van der Waals surface area contributed by atoms with Crippen molar-refractivity contribution in [2.24, 2.45) is 0 Å². The summed E-state index contributed by atoms with van der Waals surface area (Å²) in [5, 5.41) is 8.62. The summed E-state index contributed by atoms with van der Waals surface area (Å²) >= 11 is 0. The quantitative estimate of drug-likeness (QED) is 0.754. The Morgan fingerprint density at radius 3 is 2.34 bits per heavy atom. The first-order chi connectivity index (χ1) is 15.6. The number of fused-ring (bicyclic) bond motifs is 1. The van der Waals surface area contributed by atoms with Crippen molar-refractivity contribution in [3.05, 3.63) is 17.0 Å². The molecule has 2 fully saturated rings. The molecule has 3 aliphatic rings. The number of ether oxygens (including phenoxy) is 1. The van der Waals surface area contributed by atoms with Crippen molar-refractivity contribution in [2.45, 2.75) is 90.3 Å². The minimum Gasteiger partial charge on any atom is -0.450 e. The lowest BCUT2D eigenvalue weighted by Crippen LogP contribution is -2.49. The molecule has 8 nitrogen and oxygen atoms in total. The summed E-state index contributed by atoms with van der Waals surface area (Å²) in [7, 11) is 0. The van der Waals surface area contributed by atoms with Gasteiger partial charge in [0.2, 0.25) is 0 Å². The van der Waals surface area contributed by atoms with Gasteiger partial charge in [0.1, 0.15) is 0 Å². The van der Waals surface area contributed by atoms with E-state index >= 15 is 0 Å². The molecular weight excluding hydrogens is 406 g/mol. The van der Waals surface area contributed by atoms with Gasteiger partial charge in [-0.1, -0.05) is 12.8 Å². The summed E-state index contributed by atoms with van der Waals surface area (Å²) < 4.78 is 7.18. The highest BCUT2D eigenvalue weighted by Gasteiger charge is 2.32. The largest absolute Gasteiger partial charge is 0.450 e. The number of nitrogens with zero attached hydrogens (tertiary/aromatic N) is 4. The number of carbonyl (C=O) groups excluding carboxylic acids is 2. The molecule has 0 bridgehead atoms. The van der Waals surface area contributed by atoms with Crippen LogP contribution in [0.3, 0.4) is 0 Å². The van der Waals surface area contributed by atoms with Gasteiger partial charge < -0.3 is 19.9 Å². The third kappa shape index (κ3) is 5.11. The van der Waals surface area contributed by atoms with Gasteiger partial charge in [0, 0.05) is 56.1 Å². The summed E-state index contributed by atoms with van der Waals surface area (Å²) in [5.74, 6) is 0.124. The number of aryl methyl sites for hydroxylation is 1. The van der Waals surface area contributed by atoms with Crippen LogP contribution in [0.2, 0.25) is 0 Å². The lowest BCUT2D eigenvalue weighted by molar-refractivity contribution is 0.0753. The SMILES string of the molecule is CCOC(=O)N1CCC(NC2CCc3c(c(C(=O)N4CCCCCC4)nn3CC)C2)CC1. The van der Waals surface area contributed by atoms with Crippen molar-refractivity contribution < 1.29 is 14.3 Å². The topological polar surface area (TPSA) is 79.7 Å². The molecule has 8 heteroatoms. The fourth-order valence-electron chi connectivity index (χ4n) is 5.46. The molecule has 1 unspecified atom stereocenters.